The van der Waals surface area contributed by atoms with Crippen LogP contribution in [0.1, 0.15) is 49.0 Å². The molecular weight excluding hydrogens is 468 g/mol. The number of alkyl halides is 2. The van der Waals surface area contributed by atoms with E-state index < -0.39 is 12.7 Å². The third kappa shape index (κ3) is 4.39. The Morgan fingerprint density at radius 2 is 1.86 bits per heavy atom. The number of carbonyl (C=O) groups excluding carboxylic acids is 1. The summed E-state index contributed by atoms with van der Waals surface area (Å²) >= 11 is 0. The van der Waals surface area contributed by atoms with Crippen LogP contribution in [-0.4, -0.2) is 66.6 Å². The Bertz CT molecular complexity index is 1390. The third-order valence-corrected chi connectivity index (χ3v) is 7.15. The topological polar surface area (TPSA) is 89.1 Å². The summed E-state index contributed by atoms with van der Waals surface area (Å²) in [5.41, 5.74) is 4.00. The number of imidazole rings is 1. The average molecular weight is 496 g/mol. The van der Waals surface area contributed by atoms with Crippen LogP contribution in [-0.2, 0) is 4.74 Å². The molecule has 0 radical (unpaired) electrons. The van der Waals surface area contributed by atoms with Gasteiger partial charge >= 0.3 is 6.61 Å². The molecule has 0 aromatic carbocycles. The van der Waals surface area contributed by atoms with E-state index in [0.717, 1.165) is 61.1 Å². The lowest BCUT2D eigenvalue weighted by Crippen LogP contribution is -2.31. The van der Waals surface area contributed by atoms with Gasteiger partial charge in [0.15, 0.2) is 0 Å². The number of hydrogen-bond donors (Lipinski definition) is 1. The van der Waals surface area contributed by atoms with Gasteiger partial charge in [0.2, 0.25) is 5.95 Å². The van der Waals surface area contributed by atoms with Crippen LogP contribution in [0.25, 0.3) is 22.3 Å². The summed E-state index contributed by atoms with van der Waals surface area (Å²) in [7, 11) is 0. The molecule has 1 saturated carbocycles. The van der Waals surface area contributed by atoms with Crippen LogP contribution < -0.4 is 5.32 Å². The highest BCUT2D eigenvalue weighted by atomic mass is 19.3. The molecule has 0 spiro atoms. The van der Waals surface area contributed by atoms with Crippen molar-refractivity contribution < 1.29 is 18.3 Å². The van der Waals surface area contributed by atoms with Crippen molar-refractivity contribution in [2.45, 2.75) is 57.3 Å². The molecule has 36 heavy (non-hydrogen) atoms. The maximum absolute atomic E-state index is 13.0. The van der Waals surface area contributed by atoms with Crippen molar-refractivity contribution in [3.63, 3.8) is 0 Å². The van der Waals surface area contributed by atoms with Crippen molar-refractivity contribution in [2.24, 2.45) is 0 Å². The molecule has 188 valence electrons. The van der Waals surface area contributed by atoms with Crippen LogP contribution in [0.2, 0.25) is 0 Å². The first-order chi connectivity index (χ1) is 17.5. The molecule has 2 fully saturated rings. The van der Waals surface area contributed by atoms with Crippen LogP contribution in [0.15, 0.2) is 43.0 Å². The fraction of sp³-hybridized carbons (Fsp3) is 0.440. The van der Waals surface area contributed by atoms with E-state index in [0.29, 0.717) is 24.5 Å². The van der Waals surface area contributed by atoms with E-state index in [9.17, 15) is 13.6 Å². The molecular formula is C25H27F2N7O2. The second kappa shape index (κ2) is 9.45. The predicted octanol–water partition coefficient (Wildman–Crippen LogP) is 4.24. The fourth-order valence-electron chi connectivity index (χ4n) is 5.26. The molecule has 4 aromatic rings. The number of aromatic nitrogens is 5. The Labute approximate surface area is 206 Å². The van der Waals surface area contributed by atoms with Gasteiger partial charge in [-0.2, -0.15) is 8.78 Å². The van der Waals surface area contributed by atoms with E-state index in [2.05, 4.69) is 25.1 Å². The van der Waals surface area contributed by atoms with Gasteiger partial charge in [-0.15, -0.1) is 5.10 Å². The van der Waals surface area contributed by atoms with Crippen molar-refractivity contribution in [3.05, 3.63) is 48.7 Å². The van der Waals surface area contributed by atoms with E-state index in [1.807, 2.05) is 39.9 Å². The molecule has 9 nitrogen and oxygen atoms in total. The second-order valence-corrected chi connectivity index (χ2v) is 9.44. The molecule has 0 bridgehead atoms. The molecule has 1 aliphatic carbocycles. The summed E-state index contributed by atoms with van der Waals surface area (Å²) in [6, 6.07) is 5.98. The first-order valence-corrected chi connectivity index (χ1v) is 12.4. The van der Waals surface area contributed by atoms with Gasteiger partial charge in [0, 0.05) is 42.7 Å². The maximum Gasteiger partial charge on any atom is 0.345 e. The van der Waals surface area contributed by atoms with Crippen molar-refractivity contribution in [1.82, 2.24) is 28.9 Å². The minimum atomic E-state index is -2.72. The van der Waals surface area contributed by atoms with Gasteiger partial charge in [0.25, 0.3) is 5.91 Å². The molecule has 5 heterocycles. The molecule has 1 saturated heterocycles. The van der Waals surface area contributed by atoms with Gasteiger partial charge in [-0.1, -0.05) is 0 Å². The maximum atomic E-state index is 13.0. The summed E-state index contributed by atoms with van der Waals surface area (Å²) in [6.07, 6.45) is 11.5. The zero-order valence-electron chi connectivity index (χ0n) is 19.7. The van der Waals surface area contributed by atoms with Gasteiger partial charge in [-0.3, -0.25) is 9.20 Å². The first kappa shape index (κ1) is 22.8. The quantitative estimate of drug-likeness (QED) is 0.430. The lowest BCUT2D eigenvalue weighted by molar-refractivity contribution is -0.169. The summed E-state index contributed by atoms with van der Waals surface area (Å²) in [5.74, 6) is 0.499. The summed E-state index contributed by atoms with van der Waals surface area (Å²) in [4.78, 5) is 23.8. The molecule has 6 rings (SSSR count). The molecule has 1 aliphatic heterocycles. The number of pyridine rings is 1. The monoisotopic (exact) mass is 495 g/mol. The van der Waals surface area contributed by atoms with Crippen LogP contribution in [0.4, 0.5) is 14.7 Å². The summed E-state index contributed by atoms with van der Waals surface area (Å²) in [5, 5.41) is 7.92. The zero-order chi connectivity index (χ0) is 24.6. The van der Waals surface area contributed by atoms with Crippen molar-refractivity contribution in [2.75, 3.05) is 18.4 Å². The number of halogens is 2. The van der Waals surface area contributed by atoms with Crippen LogP contribution in [0.5, 0.6) is 0 Å². The van der Waals surface area contributed by atoms with E-state index in [1.165, 1.54) is 0 Å². The number of nitrogens with zero attached hydrogens (tertiary/aromatic N) is 6. The molecule has 11 heteroatoms. The Morgan fingerprint density at radius 1 is 1.06 bits per heavy atom. The molecule has 0 unspecified atom stereocenters. The summed E-state index contributed by atoms with van der Waals surface area (Å²) < 4.78 is 33.1. The Balaban J connectivity index is 1.21. The summed E-state index contributed by atoms with van der Waals surface area (Å²) in [6.45, 7) is -1.15. The van der Waals surface area contributed by atoms with Gasteiger partial charge < -0.3 is 15.0 Å². The molecule has 2 aliphatic rings. The van der Waals surface area contributed by atoms with Crippen LogP contribution >= 0.6 is 0 Å². The average Bonchev–Trinajstić information content (AvgIpc) is 3.63. The highest BCUT2D eigenvalue weighted by Crippen LogP contribution is 2.28. The van der Waals surface area contributed by atoms with Crippen molar-refractivity contribution in [1.29, 1.82) is 0 Å². The smallest absolute Gasteiger partial charge is 0.345 e. The lowest BCUT2D eigenvalue weighted by Gasteiger charge is -2.28. The largest absolute Gasteiger partial charge is 0.350 e. The Hall–Kier alpha value is -3.60. The van der Waals surface area contributed by atoms with Gasteiger partial charge in [0.1, 0.15) is 11.3 Å². The van der Waals surface area contributed by atoms with Crippen LogP contribution in [0.3, 0.4) is 0 Å². The number of nitrogens with one attached hydrogen (secondary N) is 1. The van der Waals surface area contributed by atoms with Gasteiger partial charge in [-0.05, 0) is 56.7 Å². The molecule has 4 aromatic heterocycles. The number of ether oxygens (including phenoxy) is 1. The molecule has 1 amide bonds. The third-order valence-electron chi connectivity index (χ3n) is 7.15. The minimum absolute atomic E-state index is 0.00717. The SMILES string of the molecule is O=C(c1cnc2ccc(-c3ccn4nc(N[C@H]5CC[C@@H](OC(F)F)CC5)ncc34)cn12)N1CCCC1. The number of anilines is 1. The molecule has 1 N–H and O–H groups in total. The minimum Gasteiger partial charge on any atom is -0.350 e. The standard InChI is InChI=1S/C25H27F2N7O2/c26-24(27)36-18-6-4-17(5-7-18)30-25-29-13-20-19(9-12-34(20)31-25)16-3-8-22-28-14-21(33(22)15-16)23(35)32-10-1-2-11-32/h3,8-9,12-15,17-18,24H,1-2,4-7,10-11H2,(H,30,31)/t17-,18+. The second-order valence-electron chi connectivity index (χ2n) is 9.44. The van der Waals surface area contributed by atoms with E-state index >= 15 is 0 Å². The predicted molar refractivity (Wildman–Crippen MR) is 129 cm³/mol. The lowest BCUT2D eigenvalue weighted by atomic mass is 9.93. The molecule has 0 atom stereocenters. The highest BCUT2D eigenvalue weighted by Gasteiger charge is 2.25. The van der Waals surface area contributed by atoms with E-state index in [-0.39, 0.29) is 11.9 Å². The number of carbonyl (C=O) groups is 1. The number of likely N-dealkylation sites (tertiary alicyclic amines) is 1. The number of amides is 1. The van der Waals surface area contributed by atoms with E-state index in [1.54, 1.807) is 16.9 Å². The number of fused-ring (bicyclic) bond motifs is 2. The van der Waals surface area contributed by atoms with Crippen molar-refractivity contribution >= 4 is 23.0 Å². The first-order valence-electron chi connectivity index (χ1n) is 12.4. The van der Waals surface area contributed by atoms with Crippen LogP contribution in [0, 0.1) is 0 Å². The number of rotatable bonds is 6. The van der Waals surface area contributed by atoms with Crippen molar-refractivity contribution in [3.8, 4) is 11.1 Å². The Morgan fingerprint density at radius 3 is 2.64 bits per heavy atom. The number of hydrogen-bond acceptors (Lipinski definition) is 6. The fourth-order valence-corrected chi connectivity index (χ4v) is 5.26. The van der Waals surface area contributed by atoms with Gasteiger partial charge in [0.05, 0.1) is 24.0 Å². The van der Waals surface area contributed by atoms with E-state index in [4.69, 9.17) is 0 Å². The Kier molecular flexibility index (Phi) is 6.00. The zero-order valence-corrected chi connectivity index (χ0v) is 19.7. The normalized spacial score (nSPS) is 20.6. The highest BCUT2D eigenvalue weighted by molar-refractivity contribution is 5.93. The van der Waals surface area contributed by atoms with Gasteiger partial charge in [-0.25, -0.2) is 14.5 Å².